The molecule has 0 fully saturated rings. The first kappa shape index (κ1) is 30.0. The average molecular weight is 695 g/mol. The summed E-state index contributed by atoms with van der Waals surface area (Å²) in [6.45, 7) is 0. The fourth-order valence-electron chi connectivity index (χ4n) is 9.34. The molecule has 1 aromatic heterocycles. The van der Waals surface area contributed by atoms with Crippen LogP contribution < -0.4 is 0 Å². The van der Waals surface area contributed by atoms with E-state index in [1.54, 1.807) is 0 Å². The first-order valence-electron chi connectivity index (χ1n) is 18.8. The van der Waals surface area contributed by atoms with Gasteiger partial charge in [-0.15, -0.1) is 0 Å². The molecule has 0 aliphatic heterocycles. The van der Waals surface area contributed by atoms with Crippen molar-refractivity contribution >= 4 is 75.7 Å². The van der Waals surface area contributed by atoms with E-state index >= 15 is 0 Å². The maximum atomic E-state index is 10.0. The Morgan fingerprint density at radius 3 is 1.53 bits per heavy atom. The predicted octanol–water partition coefficient (Wildman–Crippen LogP) is 14.3. The molecule has 0 spiro atoms. The molecule has 0 unspecified atom stereocenters. The van der Waals surface area contributed by atoms with Gasteiger partial charge >= 0.3 is 0 Å². The van der Waals surface area contributed by atoms with E-state index in [1.807, 2.05) is 12.1 Å². The van der Waals surface area contributed by atoms with Crippen LogP contribution in [-0.4, -0.2) is 4.57 Å². The Balaban J connectivity index is 0.952. The Bertz CT molecular complexity index is 3460. The highest BCUT2D eigenvalue weighted by molar-refractivity contribution is 6.28. The van der Waals surface area contributed by atoms with E-state index in [-0.39, 0.29) is 0 Å². The second-order valence-corrected chi connectivity index (χ2v) is 14.8. The van der Waals surface area contributed by atoms with Crippen molar-refractivity contribution in [3.8, 4) is 45.1 Å². The molecule has 0 radical (unpaired) electrons. The van der Waals surface area contributed by atoms with Gasteiger partial charge in [-0.2, -0.15) is 5.26 Å². The number of hydrogen-bond donors (Lipinski definition) is 0. The van der Waals surface area contributed by atoms with Crippen LogP contribution in [0.5, 0.6) is 0 Å². The smallest absolute Gasteiger partial charge is 0.0998 e. The van der Waals surface area contributed by atoms with E-state index in [2.05, 4.69) is 180 Å². The number of aromatic nitrogens is 1. The zero-order valence-electron chi connectivity index (χ0n) is 29.7. The van der Waals surface area contributed by atoms with Crippen LogP contribution in [0.15, 0.2) is 182 Å². The van der Waals surface area contributed by atoms with Crippen LogP contribution in [0.4, 0.5) is 0 Å². The lowest BCUT2D eigenvalue weighted by atomic mass is 9.89. The van der Waals surface area contributed by atoms with Gasteiger partial charge in [0.15, 0.2) is 0 Å². The molecule has 2 nitrogen and oxygen atoms in total. The van der Waals surface area contributed by atoms with E-state index < -0.39 is 0 Å². The Morgan fingerprint density at radius 1 is 0.345 bits per heavy atom. The highest BCUT2D eigenvalue weighted by atomic mass is 15.0. The van der Waals surface area contributed by atoms with Crippen molar-refractivity contribution in [2.45, 2.75) is 0 Å². The quantitative estimate of drug-likeness (QED) is 0.169. The highest BCUT2D eigenvalue weighted by Gasteiger charge is 2.20. The van der Waals surface area contributed by atoms with Crippen LogP contribution in [0.3, 0.4) is 0 Å². The summed E-state index contributed by atoms with van der Waals surface area (Å²) in [5.74, 6) is 0. The molecule has 55 heavy (non-hydrogen) atoms. The topological polar surface area (TPSA) is 28.7 Å². The molecule has 0 saturated heterocycles. The Morgan fingerprint density at radius 2 is 0.855 bits per heavy atom. The SMILES string of the molecule is N#Cc1ccc2c3c1ccc1c(-c4ccc(-c5cc6ccc7cc(-c8ccc9ccccc9c8)cc8ccc(c5)c6c78)cc4)ccc(c13)n2-c1ccccc1. The third-order valence-electron chi connectivity index (χ3n) is 11.9. The van der Waals surface area contributed by atoms with Crippen molar-refractivity contribution in [1.29, 1.82) is 5.26 Å². The molecule has 0 saturated carbocycles. The van der Waals surface area contributed by atoms with Gasteiger partial charge in [0, 0.05) is 21.8 Å². The highest BCUT2D eigenvalue weighted by Crippen LogP contribution is 2.44. The van der Waals surface area contributed by atoms with Gasteiger partial charge in [-0.05, 0) is 143 Å². The summed E-state index contributed by atoms with van der Waals surface area (Å²) in [4.78, 5) is 0. The van der Waals surface area contributed by atoms with E-state index in [1.165, 1.54) is 87.2 Å². The fraction of sp³-hybridized carbons (Fsp3) is 0. The van der Waals surface area contributed by atoms with Crippen LogP contribution in [0, 0.1) is 11.3 Å². The van der Waals surface area contributed by atoms with E-state index in [9.17, 15) is 5.26 Å². The van der Waals surface area contributed by atoms with Gasteiger partial charge in [0.25, 0.3) is 0 Å². The molecule has 12 aromatic rings. The largest absolute Gasteiger partial charge is 0.309 e. The maximum Gasteiger partial charge on any atom is 0.0998 e. The van der Waals surface area contributed by atoms with Crippen molar-refractivity contribution < 1.29 is 0 Å². The van der Waals surface area contributed by atoms with E-state index in [0.717, 1.165) is 27.5 Å². The number of nitriles is 1. The minimum absolute atomic E-state index is 0.704. The van der Waals surface area contributed by atoms with Crippen molar-refractivity contribution in [3.05, 3.63) is 188 Å². The third-order valence-corrected chi connectivity index (χ3v) is 11.9. The minimum Gasteiger partial charge on any atom is -0.309 e. The predicted molar refractivity (Wildman–Crippen MR) is 232 cm³/mol. The van der Waals surface area contributed by atoms with Crippen LogP contribution >= 0.6 is 0 Å². The summed E-state index contributed by atoms with van der Waals surface area (Å²) in [6.07, 6.45) is 0. The van der Waals surface area contributed by atoms with Crippen molar-refractivity contribution in [2.75, 3.05) is 0 Å². The molecule has 0 aliphatic carbocycles. The van der Waals surface area contributed by atoms with Crippen molar-refractivity contribution in [3.63, 3.8) is 0 Å². The summed E-state index contributed by atoms with van der Waals surface area (Å²) in [6, 6.07) is 68.7. The van der Waals surface area contributed by atoms with Crippen LogP contribution in [-0.2, 0) is 0 Å². The number of rotatable bonds is 4. The Kier molecular flexibility index (Phi) is 6.15. The number of hydrogen-bond acceptors (Lipinski definition) is 1. The molecule has 1 heterocycles. The van der Waals surface area contributed by atoms with Gasteiger partial charge in [0.05, 0.1) is 22.7 Å². The Labute approximate surface area is 317 Å². The van der Waals surface area contributed by atoms with E-state index in [0.29, 0.717) is 5.56 Å². The van der Waals surface area contributed by atoms with Crippen LogP contribution in [0.2, 0.25) is 0 Å². The molecule has 0 aliphatic rings. The first-order chi connectivity index (χ1) is 27.2. The zero-order chi connectivity index (χ0) is 36.2. The number of fused-ring (bicyclic) bond motifs is 1. The first-order valence-corrected chi connectivity index (χ1v) is 18.8. The molecule has 0 N–H and O–H groups in total. The maximum absolute atomic E-state index is 10.0. The van der Waals surface area contributed by atoms with Crippen molar-refractivity contribution in [1.82, 2.24) is 4.57 Å². The summed E-state index contributed by atoms with van der Waals surface area (Å²) in [7, 11) is 0. The van der Waals surface area contributed by atoms with Gasteiger partial charge in [-0.25, -0.2) is 0 Å². The van der Waals surface area contributed by atoms with E-state index in [4.69, 9.17) is 0 Å². The zero-order valence-corrected chi connectivity index (χ0v) is 29.7. The molecule has 11 aromatic carbocycles. The second kappa shape index (κ2) is 11.3. The minimum atomic E-state index is 0.704. The molecule has 12 rings (SSSR count). The Hall–Kier alpha value is -7.47. The molecular weight excluding hydrogens is 665 g/mol. The summed E-state index contributed by atoms with van der Waals surface area (Å²) in [5, 5.41) is 24.8. The van der Waals surface area contributed by atoms with Crippen molar-refractivity contribution in [2.24, 2.45) is 0 Å². The summed E-state index contributed by atoms with van der Waals surface area (Å²) >= 11 is 0. The summed E-state index contributed by atoms with van der Waals surface area (Å²) in [5.41, 5.74) is 11.3. The van der Waals surface area contributed by atoms with Gasteiger partial charge in [-0.3, -0.25) is 0 Å². The molecule has 2 heteroatoms. The molecule has 252 valence electrons. The average Bonchev–Trinajstić information content (AvgIpc) is 3.59. The van der Waals surface area contributed by atoms with Gasteiger partial charge in [0.1, 0.15) is 0 Å². The third kappa shape index (κ3) is 4.36. The number of para-hydroxylation sites is 1. The number of benzene rings is 11. The monoisotopic (exact) mass is 694 g/mol. The lowest BCUT2D eigenvalue weighted by Gasteiger charge is -2.15. The lowest BCUT2D eigenvalue weighted by molar-refractivity contribution is 1.18. The molecule has 0 amide bonds. The molecule has 0 bridgehead atoms. The van der Waals surface area contributed by atoms with Gasteiger partial charge < -0.3 is 4.57 Å². The van der Waals surface area contributed by atoms with Gasteiger partial charge in [0.2, 0.25) is 0 Å². The van der Waals surface area contributed by atoms with Crippen LogP contribution in [0.25, 0.3) is 115 Å². The normalized spacial score (nSPS) is 12.0. The standard InChI is InChI=1S/C53H30N2/c54-31-41-20-24-48-52-46(41)21-22-47-45(23-25-49(53(47)52)55(48)44-8-2-1-3-9-44)34-13-10-33(11-14-34)42-27-37-16-18-39-29-43(30-40-19-17-38(28-42)50(37)51(39)40)36-15-12-32-6-4-5-7-35(32)26-36/h1-30H. The number of nitrogens with zero attached hydrogens (tertiary/aromatic N) is 2. The lowest BCUT2D eigenvalue weighted by Crippen LogP contribution is -1.93. The van der Waals surface area contributed by atoms with Crippen LogP contribution in [0.1, 0.15) is 5.56 Å². The summed E-state index contributed by atoms with van der Waals surface area (Å²) < 4.78 is 2.33. The van der Waals surface area contributed by atoms with Gasteiger partial charge in [-0.1, -0.05) is 121 Å². The second-order valence-electron chi connectivity index (χ2n) is 14.8. The molecular formula is C53H30N2. The molecule has 0 atom stereocenters. The fourth-order valence-corrected chi connectivity index (χ4v) is 9.34.